The normalized spacial score (nSPS) is 10.8. The van der Waals surface area contributed by atoms with Crippen molar-refractivity contribution in [2.75, 3.05) is 5.32 Å². The van der Waals surface area contributed by atoms with E-state index >= 15 is 0 Å². The SMILES string of the molecule is NCc1cc(C(=O)Nc2nc3ccc(Cl)cc3s2)ccn1. The summed E-state index contributed by atoms with van der Waals surface area (Å²) in [5, 5.41) is 3.95. The van der Waals surface area contributed by atoms with Crippen molar-refractivity contribution in [3.05, 3.63) is 52.8 Å². The largest absolute Gasteiger partial charge is 0.325 e. The number of halogens is 1. The van der Waals surface area contributed by atoms with Crippen LogP contribution in [-0.4, -0.2) is 15.9 Å². The molecule has 5 nitrogen and oxygen atoms in total. The number of amides is 1. The molecule has 106 valence electrons. The van der Waals surface area contributed by atoms with Gasteiger partial charge in [0.2, 0.25) is 0 Å². The Hall–Kier alpha value is -2.02. The molecule has 0 saturated carbocycles. The van der Waals surface area contributed by atoms with Crippen LogP contribution in [0.25, 0.3) is 10.2 Å². The van der Waals surface area contributed by atoms with Gasteiger partial charge in [0.05, 0.1) is 15.9 Å². The van der Waals surface area contributed by atoms with E-state index in [0.29, 0.717) is 28.0 Å². The molecule has 0 aliphatic rings. The van der Waals surface area contributed by atoms with E-state index < -0.39 is 0 Å². The zero-order valence-corrected chi connectivity index (χ0v) is 12.4. The van der Waals surface area contributed by atoms with Crippen LogP contribution in [0, 0.1) is 0 Å². The lowest BCUT2D eigenvalue weighted by molar-refractivity contribution is 0.102. The van der Waals surface area contributed by atoms with Crippen LogP contribution in [0.3, 0.4) is 0 Å². The van der Waals surface area contributed by atoms with Crippen molar-refractivity contribution in [1.29, 1.82) is 0 Å². The van der Waals surface area contributed by atoms with Gasteiger partial charge in [-0.05, 0) is 30.3 Å². The molecule has 0 radical (unpaired) electrons. The number of hydrogen-bond acceptors (Lipinski definition) is 5. The number of carbonyl (C=O) groups excluding carboxylic acids is 1. The Kier molecular flexibility index (Phi) is 3.83. The highest BCUT2D eigenvalue weighted by molar-refractivity contribution is 7.22. The molecule has 3 aromatic rings. The van der Waals surface area contributed by atoms with Gasteiger partial charge >= 0.3 is 0 Å². The van der Waals surface area contributed by atoms with Gasteiger partial charge in [-0.1, -0.05) is 22.9 Å². The molecule has 7 heteroatoms. The summed E-state index contributed by atoms with van der Waals surface area (Å²) in [4.78, 5) is 20.6. The number of anilines is 1. The van der Waals surface area contributed by atoms with Crippen molar-refractivity contribution in [2.45, 2.75) is 6.54 Å². The van der Waals surface area contributed by atoms with E-state index in [1.54, 1.807) is 24.4 Å². The van der Waals surface area contributed by atoms with Crippen LogP contribution in [0.4, 0.5) is 5.13 Å². The van der Waals surface area contributed by atoms with Crippen LogP contribution >= 0.6 is 22.9 Å². The van der Waals surface area contributed by atoms with E-state index in [-0.39, 0.29) is 5.91 Å². The molecule has 0 saturated heterocycles. The quantitative estimate of drug-likeness (QED) is 0.777. The number of nitrogens with zero attached hydrogens (tertiary/aromatic N) is 2. The smallest absolute Gasteiger partial charge is 0.257 e. The number of benzene rings is 1. The van der Waals surface area contributed by atoms with Crippen molar-refractivity contribution in [3.8, 4) is 0 Å². The molecule has 1 aromatic carbocycles. The summed E-state index contributed by atoms with van der Waals surface area (Å²) < 4.78 is 0.926. The molecular weight excluding hydrogens is 308 g/mol. The fourth-order valence-electron chi connectivity index (χ4n) is 1.85. The molecule has 0 fully saturated rings. The monoisotopic (exact) mass is 318 g/mol. The van der Waals surface area contributed by atoms with E-state index in [4.69, 9.17) is 17.3 Å². The summed E-state index contributed by atoms with van der Waals surface area (Å²) in [7, 11) is 0. The first kappa shape index (κ1) is 13.9. The molecule has 3 rings (SSSR count). The van der Waals surface area contributed by atoms with Crippen LogP contribution < -0.4 is 11.1 Å². The summed E-state index contributed by atoms with van der Waals surface area (Å²) in [6.45, 7) is 0.292. The van der Waals surface area contributed by atoms with Gasteiger partial charge in [0.25, 0.3) is 5.91 Å². The summed E-state index contributed by atoms with van der Waals surface area (Å²) in [6, 6.07) is 8.72. The zero-order valence-electron chi connectivity index (χ0n) is 10.8. The lowest BCUT2D eigenvalue weighted by atomic mass is 10.2. The number of aromatic nitrogens is 2. The van der Waals surface area contributed by atoms with Gasteiger partial charge in [0.1, 0.15) is 0 Å². The van der Waals surface area contributed by atoms with E-state index in [1.807, 2.05) is 12.1 Å². The van der Waals surface area contributed by atoms with Crippen molar-refractivity contribution in [3.63, 3.8) is 0 Å². The molecule has 0 bridgehead atoms. The molecule has 0 aliphatic carbocycles. The minimum atomic E-state index is -0.239. The first-order valence-corrected chi connectivity index (χ1v) is 7.37. The number of nitrogens with one attached hydrogen (secondary N) is 1. The Balaban J connectivity index is 1.85. The van der Waals surface area contributed by atoms with Gasteiger partial charge in [-0.15, -0.1) is 0 Å². The maximum Gasteiger partial charge on any atom is 0.257 e. The summed E-state index contributed by atoms with van der Waals surface area (Å²) in [5.74, 6) is -0.239. The average molecular weight is 319 g/mol. The van der Waals surface area contributed by atoms with Crippen molar-refractivity contribution in [2.24, 2.45) is 5.73 Å². The third-order valence-electron chi connectivity index (χ3n) is 2.86. The lowest BCUT2D eigenvalue weighted by Crippen LogP contribution is -2.13. The molecule has 21 heavy (non-hydrogen) atoms. The Labute approximate surface area is 129 Å². The second-order valence-corrected chi connectivity index (χ2v) is 5.79. The highest BCUT2D eigenvalue weighted by Gasteiger charge is 2.10. The number of hydrogen-bond donors (Lipinski definition) is 2. The van der Waals surface area contributed by atoms with E-state index in [9.17, 15) is 4.79 Å². The number of thiazole rings is 1. The summed E-state index contributed by atoms with van der Waals surface area (Å²) in [6.07, 6.45) is 1.56. The van der Waals surface area contributed by atoms with Gasteiger partial charge in [-0.3, -0.25) is 15.1 Å². The first-order chi connectivity index (χ1) is 10.2. The minimum Gasteiger partial charge on any atom is -0.325 e. The minimum absolute atomic E-state index is 0.239. The van der Waals surface area contributed by atoms with Crippen molar-refractivity contribution < 1.29 is 4.79 Å². The Bertz CT molecular complexity index is 818. The fraction of sp³-hybridized carbons (Fsp3) is 0.0714. The van der Waals surface area contributed by atoms with Crippen LogP contribution in [0.5, 0.6) is 0 Å². The molecule has 1 amide bonds. The van der Waals surface area contributed by atoms with E-state index in [0.717, 1.165) is 10.2 Å². The first-order valence-electron chi connectivity index (χ1n) is 6.18. The Morgan fingerprint density at radius 2 is 2.19 bits per heavy atom. The van der Waals surface area contributed by atoms with Crippen molar-refractivity contribution in [1.82, 2.24) is 9.97 Å². The molecule has 2 aromatic heterocycles. The lowest BCUT2D eigenvalue weighted by Gasteiger charge is -2.02. The predicted molar refractivity (Wildman–Crippen MR) is 84.7 cm³/mol. The molecule has 2 heterocycles. The third kappa shape index (κ3) is 3.02. The third-order valence-corrected chi connectivity index (χ3v) is 4.03. The van der Waals surface area contributed by atoms with Gasteiger partial charge in [0, 0.05) is 23.3 Å². The fourth-order valence-corrected chi connectivity index (χ4v) is 2.99. The Morgan fingerprint density at radius 1 is 1.33 bits per heavy atom. The maximum atomic E-state index is 12.2. The van der Waals surface area contributed by atoms with Crippen LogP contribution in [0.15, 0.2) is 36.5 Å². The van der Waals surface area contributed by atoms with Gasteiger partial charge < -0.3 is 5.73 Å². The predicted octanol–water partition coefficient (Wildman–Crippen LogP) is 3.06. The highest BCUT2D eigenvalue weighted by Crippen LogP contribution is 2.28. The van der Waals surface area contributed by atoms with Crippen LogP contribution in [-0.2, 0) is 6.54 Å². The number of pyridine rings is 1. The average Bonchev–Trinajstić information content (AvgIpc) is 2.88. The van der Waals surface area contributed by atoms with Crippen molar-refractivity contribution >= 4 is 44.2 Å². The van der Waals surface area contributed by atoms with E-state index in [1.165, 1.54) is 11.3 Å². The summed E-state index contributed by atoms with van der Waals surface area (Å²) >= 11 is 7.31. The zero-order chi connectivity index (χ0) is 14.8. The van der Waals surface area contributed by atoms with Gasteiger partial charge in [-0.25, -0.2) is 4.98 Å². The second kappa shape index (κ2) is 5.77. The van der Waals surface area contributed by atoms with Gasteiger partial charge in [-0.2, -0.15) is 0 Å². The maximum absolute atomic E-state index is 12.2. The topological polar surface area (TPSA) is 80.9 Å². The standard InChI is InChI=1S/C14H11ClN4OS/c15-9-1-2-11-12(6-9)21-14(18-11)19-13(20)8-3-4-17-10(5-8)7-16/h1-6H,7,16H2,(H,18,19,20). The highest BCUT2D eigenvalue weighted by atomic mass is 35.5. The summed E-state index contributed by atoms with van der Waals surface area (Å²) in [5.41, 5.74) is 7.49. The molecular formula is C14H11ClN4OS. The van der Waals surface area contributed by atoms with E-state index in [2.05, 4.69) is 15.3 Å². The number of fused-ring (bicyclic) bond motifs is 1. The molecule has 0 spiro atoms. The van der Waals surface area contributed by atoms with Gasteiger partial charge in [0.15, 0.2) is 5.13 Å². The van der Waals surface area contributed by atoms with Crippen LogP contribution in [0.2, 0.25) is 5.02 Å². The Morgan fingerprint density at radius 3 is 3.00 bits per heavy atom. The second-order valence-electron chi connectivity index (χ2n) is 4.33. The molecule has 3 N–H and O–H groups in total. The number of nitrogens with two attached hydrogens (primary N) is 1. The molecule has 0 atom stereocenters. The number of rotatable bonds is 3. The number of carbonyl (C=O) groups is 1. The van der Waals surface area contributed by atoms with Crippen LogP contribution in [0.1, 0.15) is 16.1 Å². The molecule has 0 aliphatic heterocycles. The molecule has 0 unspecified atom stereocenters.